The molecule has 5 nitrogen and oxygen atoms in total. The monoisotopic (exact) mass is 1230 g/mol. The number of para-hydroxylation sites is 1. The first-order valence-corrected chi connectivity index (χ1v) is 27.2. The highest BCUT2D eigenvalue weighted by atomic mass is 19.4. The van der Waals surface area contributed by atoms with Crippen molar-refractivity contribution in [2.75, 3.05) is 39.6 Å². The van der Waals surface area contributed by atoms with Gasteiger partial charge in [0.2, 0.25) is 11.6 Å². The lowest BCUT2D eigenvalue weighted by molar-refractivity contribution is -0.188. The molecule has 0 heterocycles. The Morgan fingerprint density at radius 1 is 0.422 bits per heavy atom. The maximum Gasteiger partial charge on any atom is 0.422 e. The fraction of sp³-hybridized carbons (Fsp3) is 0.695. The van der Waals surface area contributed by atoms with Gasteiger partial charge in [-0.25, -0.2) is 8.78 Å². The van der Waals surface area contributed by atoms with Crippen molar-refractivity contribution in [3.63, 3.8) is 0 Å². The maximum atomic E-state index is 13.3. The molecule has 0 bridgehead atoms. The quantitative estimate of drug-likeness (QED) is 0.0996. The van der Waals surface area contributed by atoms with Gasteiger partial charge < -0.3 is 23.7 Å². The van der Waals surface area contributed by atoms with Gasteiger partial charge in [0.05, 0.1) is 37.8 Å². The van der Waals surface area contributed by atoms with Crippen molar-refractivity contribution < 1.29 is 107 Å². The molecule has 0 aromatic heterocycles. The first-order valence-electron chi connectivity index (χ1n) is 27.2. The van der Waals surface area contributed by atoms with Gasteiger partial charge in [-0.15, -0.1) is 0 Å². The molecule has 0 unspecified atom stereocenters. The van der Waals surface area contributed by atoms with Crippen LogP contribution in [-0.4, -0.2) is 70.5 Å². The van der Waals surface area contributed by atoms with Crippen LogP contribution in [0.5, 0.6) is 11.5 Å². The van der Waals surface area contributed by atoms with E-state index in [2.05, 4.69) is 58.4 Å². The standard InChI is InChI=1S/C12H21F3O.C11H9F7O.C11H19F3O.C11H16O.C10H14O.2C2H3F3/c1-9(2)7-16-8-10-3-5-11(6-4-10)12(13,14)15;1-4(2)3-19-10-8(14)6(12)5(11(16,17)18)7(13)9(10)15;1-8(2)7-15-10-5-3-9(4-6-10)11(12,13)14;1-10(2)8-12-9-11-6-4-3-5-7-11;1-9(2)8-11-10-6-4-3-5-7-10;2*1-2(3,4)5/h9-11H,3-8H2,1-2H3;4H,3H2,1-2H3;8-10H,3-7H2,1-2H3;3-7,10H,8-9H2,1-2H3;3-7,9H,8H2,1-2H3;2*1H3. The van der Waals surface area contributed by atoms with Crippen molar-refractivity contribution >= 4 is 0 Å². The van der Waals surface area contributed by atoms with Crippen LogP contribution in [0.3, 0.4) is 0 Å². The summed E-state index contributed by atoms with van der Waals surface area (Å²) in [4.78, 5) is 0. The number of alkyl halides is 15. The molecule has 3 aromatic carbocycles. The molecule has 0 atom stereocenters. The number of hydrogen-bond acceptors (Lipinski definition) is 5. The minimum absolute atomic E-state index is 0.0472. The predicted molar refractivity (Wildman–Crippen MR) is 283 cm³/mol. The Kier molecular flexibility index (Phi) is 39.2. The summed E-state index contributed by atoms with van der Waals surface area (Å²) >= 11 is 0. The average Bonchev–Trinajstić information content (AvgIpc) is 3.34. The number of halogens is 19. The van der Waals surface area contributed by atoms with Gasteiger partial charge in [0.25, 0.3) is 0 Å². The molecule has 0 aliphatic heterocycles. The van der Waals surface area contributed by atoms with Crippen LogP contribution >= 0.6 is 0 Å². The fourth-order valence-corrected chi connectivity index (χ4v) is 7.02. The number of ether oxygens (including phenoxy) is 5. The molecule has 0 saturated heterocycles. The molecular formula is C59H85F19O5. The Morgan fingerprint density at radius 2 is 0.771 bits per heavy atom. The topological polar surface area (TPSA) is 46.2 Å². The first-order chi connectivity index (χ1) is 37.9. The Bertz CT molecular complexity index is 2020. The summed E-state index contributed by atoms with van der Waals surface area (Å²) in [5.74, 6) is -9.91. The summed E-state index contributed by atoms with van der Waals surface area (Å²) < 4.78 is 252. The largest absolute Gasteiger partial charge is 0.493 e. The summed E-state index contributed by atoms with van der Waals surface area (Å²) in [6, 6.07) is 20.2. The van der Waals surface area contributed by atoms with Gasteiger partial charge in [-0.05, 0) is 105 Å². The van der Waals surface area contributed by atoms with Crippen molar-refractivity contribution in [1.29, 1.82) is 0 Å². The molecule has 0 radical (unpaired) electrons. The lowest BCUT2D eigenvalue weighted by atomic mass is 9.82. The zero-order chi connectivity index (χ0) is 64.5. The van der Waals surface area contributed by atoms with Crippen LogP contribution in [-0.2, 0) is 27.0 Å². The lowest BCUT2D eigenvalue weighted by Crippen LogP contribution is -2.31. The summed E-state index contributed by atoms with van der Waals surface area (Å²) in [5, 5.41) is 0. The molecule has 0 N–H and O–H groups in total. The molecule has 3 aromatic rings. The van der Waals surface area contributed by atoms with Gasteiger partial charge in [0.15, 0.2) is 17.4 Å². The van der Waals surface area contributed by atoms with Gasteiger partial charge in [-0.1, -0.05) is 118 Å². The Morgan fingerprint density at radius 3 is 1.13 bits per heavy atom. The molecule has 0 amide bonds. The molecule has 0 spiro atoms. The second-order valence-corrected chi connectivity index (χ2v) is 22.1. The van der Waals surface area contributed by atoms with E-state index in [1.54, 1.807) is 13.8 Å². The molecule has 2 saturated carbocycles. The van der Waals surface area contributed by atoms with E-state index >= 15 is 0 Å². The Hall–Kier alpha value is -4.19. The van der Waals surface area contributed by atoms with Crippen molar-refractivity contribution in [1.82, 2.24) is 0 Å². The van der Waals surface area contributed by atoms with Crippen LogP contribution < -0.4 is 9.47 Å². The van der Waals surface area contributed by atoms with Gasteiger partial charge in [0.1, 0.15) is 11.3 Å². The summed E-state index contributed by atoms with van der Waals surface area (Å²) in [6.45, 7) is 24.4. The predicted octanol–water partition coefficient (Wildman–Crippen LogP) is 20.8. The van der Waals surface area contributed by atoms with E-state index in [1.165, 1.54) is 5.56 Å². The molecule has 2 aliphatic rings. The first kappa shape index (κ1) is 80.9. The molecule has 2 aliphatic carbocycles. The average molecular weight is 1240 g/mol. The fourth-order valence-electron chi connectivity index (χ4n) is 7.02. The third-order valence-electron chi connectivity index (χ3n) is 10.9. The van der Waals surface area contributed by atoms with Crippen LogP contribution in [0.1, 0.15) is 146 Å². The Labute approximate surface area is 477 Å². The van der Waals surface area contributed by atoms with Crippen LogP contribution in [0.25, 0.3) is 0 Å². The zero-order valence-corrected chi connectivity index (χ0v) is 49.3. The smallest absolute Gasteiger partial charge is 0.422 e. The highest BCUT2D eigenvalue weighted by Gasteiger charge is 2.44. The van der Waals surface area contributed by atoms with Gasteiger partial charge >= 0.3 is 30.9 Å². The van der Waals surface area contributed by atoms with E-state index in [-0.39, 0.29) is 58.2 Å². The summed E-state index contributed by atoms with van der Waals surface area (Å²) in [6.07, 6.45) is -18.1. The molecule has 24 heteroatoms. The van der Waals surface area contributed by atoms with Crippen molar-refractivity contribution in [2.24, 2.45) is 47.3 Å². The Balaban J connectivity index is 0. The zero-order valence-electron chi connectivity index (χ0n) is 49.3. The number of hydrogen-bond donors (Lipinski definition) is 0. The van der Waals surface area contributed by atoms with Crippen LogP contribution in [0.4, 0.5) is 83.4 Å². The van der Waals surface area contributed by atoms with E-state index in [9.17, 15) is 83.4 Å². The minimum Gasteiger partial charge on any atom is -0.493 e. The molecular weight excluding hydrogens is 1150 g/mol. The van der Waals surface area contributed by atoms with E-state index in [0.29, 0.717) is 75.1 Å². The van der Waals surface area contributed by atoms with Crippen molar-refractivity contribution in [3.8, 4) is 11.5 Å². The molecule has 2 fully saturated rings. The minimum atomic E-state index is -5.55. The number of benzene rings is 3. The third-order valence-corrected chi connectivity index (χ3v) is 10.9. The maximum absolute atomic E-state index is 13.3. The summed E-state index contributed by atoms with van der Waals surface area (Å²) in [7, 11) is 0. The van der Waals surface area contributed by atoms with Gasteiger partial charge in [0, 0.05) is 40.3 Å². The SMILES string of the molecule is CC(C)COC1CCC(C(F)(F)F)CC1.CC(C)COCC1CCC(C(F)(F)F)CC1.CC(C)COCc1ccccc1.CC(C)COc1c(F)c(F)c(C(F)(F)F)c(F)c1F.CC(C)COc1ccccc1.CC(F)(F)F.CC(F)(F)F. The lowest BCUT2D eigenvalue weighted by Gasteiger charge is -2.30. The molecule has 5 rings (SSSR count). The van der Waals surface area contributed by atoms with Crippen LogP contribution in [0.2, 0.25) is 0 Å². The third kappa shape index (κ3) is 44.0. The highest BCUT2D eigenvalue weighted by molar-refractivity contribution is 5.36. The van der Waals surface area contributed by atoms with Crippen molar-refractivity contribution in [2.45, 2.75) is 178 Å². The number of rotatable bonds is 17. The van der Waals surface area contributed by atoms with Crippen molar-refractivity contribution in [3.05, 3.63) is 95.1 Å². The normalized spacial score (nSPS) is 17.5. The molecule has 83 heavy (non-hydrogen) atoms. The summed E-state index contributed by atoms with van der Waals surface area (Å²) in [5.41, 5.74) is -1.36. The second kappa shape index (κ2) is 40.2. The van der Waals surface area contributed by atoms with Gasteiger partial charge in [-0.3, -0.25) is 0 Å². The highest BCUT2D eigenvalue weighted by Crippen LogP contribution is 2.41. The van der Waals surface area contributed by atoms with E-state index in [1.807, 2.05) is 62.4 Å². The molecule has 484 valence electrons. The van der Waals surface area contributed by atoms with Crippen LogP contribution in [0, 0.1) is 70.6 Å². The van der Waals surface area contributed by atoms with E-state index in [0.717, 1.165) is 25.6 Å². The van der Waals surface area contributed by atoms with Crippen LogP contribution in [0.15, 0.2) is 60.7 Å². The second-order valence-electron chi connectivity index (χ2n) is 22.1. The van der Waals surface area contributed by atoms with E-state index in [4.69, 9.17) is 18.9 Å². The van der Waals surface area contributed by atoms with E-state index < -0.39 is 77.3 Å². The van der Waals surface area contributed by atoms with Gasteiger partial charge in [-0.2, -0.15) is 74.6 Å².